The fourth-order valence-corrected chi connectivity index (χ4v) is 3.03. The van der Waals surface area contributed by atoms with Crippen LogP contribution >= 0.6 is 0 Å². The largest absolute Gasteiger partial charge is 0.390 e. The molecule has 0 amide bonds. The molecule has 2 fully saturated rings. The first-order chi connectivity index (χ1) is 5.17. The van der Waals surface area contributed by atoms with E-state index >= 15 is 0 Å². The molecule has 0 radical (unpaired) electrons. The van der Waals surface area contributed by atoms with Crippen molar-refractivity contribution in [1.82, 2.24) is 0 Å². The number of hydrogen-bond acceptors (Lipinski definition) is 1. The summed E-state index contributed by atoms with van der Waals surface area (Å²) < 4.78 is 0. The summed E-state index contributed by atoms with van der Waals surface area (Å²) in [6, 6.07) is 0. The summed E-state index contributed by atoms with van der Waals surface area (Å²) in [6.45, 7) is 2.01. The highest BCUT2D eigenvalue weighted by Gasteiger charge is 2.41. The first kappa shape index (κ1) is 7.60. The van der Waals surface area contributed by atoms with Crippen LogP contribution in [0.25, 0.3) is 0 Å². The van der Waals surface area contributed by atoms with E-state index in [1.807, 2.05) is 6.92 Å². The zero-order valence-corrected chi connectivity index (χ0v) is 7.34. The zero-order valence-electron chi connectivity index (χ0n) is 7.34. The molecule has 0 bridgehead atoms. The van der Waals surface area contributed by atoms with Crippen molar-refractivity contribution in [2.45, 2.75) is 51.0 Å². The summed E-state index contributed by atoms with van der Waals surface area (Å²) in [6.07, 6.45) is 7.69. The molecule has 0 saturated heterocycles. The summed E-state index contributed by atoms with van der Waals surface area (Å²) in [5.74, 6) is 1.72. The molecule has 1 N–H and O–H groups in total. The van der Waals surface area contributed by atoms with Crippen molar-refractivity contribution in [3.05, 3.63) is 0 Å². The predicted molar refractivity (Wildman–Crippen MR) is 45.3 cm³/mol. The minimum atomic E-state index is -0.320. The molecule has 64 valence electrons. The van der Waals surface area contributed by atoms with Crippen LogP contribution in [0.4, 0.5) is 0 Å². The van der Waals surface area contributed by atoms with Crippen molar-refractivity contribution in [3.8, 4) is 0 Å². The molecule has 0 spiro atoms. The third kappa shape index (κ3) is 1.44. The topological polar surface area (TPSA) is 20.2 Å². The maximum atomic E-state index is 9.83. The van der Waals surface area contributed by atoms with E-state index in [1.54, 1.807) is 0 Å². The van der Waals surface area contributed by atoms with Gasteiger partial charge in [-0.25, -0.2) is 0 Å². The molecule has 2 atom stereocenters. The highest BCUT2D eigenvalue weighted by Crippen LogP contribution is 2.46. The standard InChI is InChI=1S/C10H18O/c1-10(11)6-8-4-2-3-5-9(8)7-10/h8-9,11H,2-7H2,1H3. The molecular formula is C10H18O. The first-order valence-electron chi connectivity index (χ1n) is 4.90. The minimum Gasteiger partial charge on any atom is -0.390 e. The van der Waals surface area contributed by atoms with E-state index in [2.05, 4.69) is 0 Å². The van der Waals surface area contributed by atoms with Gasteiger partial charge in [0.05, 0.1) is 5.60 Å². The Morgan fingerprint density at radius 2 is 1.55 bits per heavy atom. The molecular weight excluding hydrogens is 136 g/mol. The monoisotopic (exact) mass is 154 g/mol. The van der Waals surface area contributed by atoms with Crippen LogP contribution in [0.15, 0.2) is 0 Å². The van der Waals surface area contributed by atoms with Gasteiger partial charge in [-0.05, 0) is 31.6 Å². The van der Waals surface area contributed by atoms with Gasteiger partial charge in [-0.15, -0.1) is 0 Å². The van der Waals surface area contributed by atoms with Crippen molar-refractivity contribution in [2.75, 3.05) is 0 Å². The second-order valence-corrected chi connectivity index (χ2v) is 4.71. The van der Waals surface area contributed by atoms with Gasteiger partial charge in [-0.2, -0.15) is 0 Å². The average molecular weight is 154 g/mol. The zero-order chi connectivity index (χ0) is 7.90. The summed E-state index contributed by atoms with van der Waals surface area (Å²) in [4.78, 5) is 0. The van der Waals surface area contributed by atoms with Gasteiger partial charge in [0.1, 0.15) is 0 Å². The number of fused-ring (bicyclic) bond motifs is 1. The fraction of sp³-hybridized carbons (Fsp3) is 1.00. The van der Waals surface area contributed by atoms with Crippen molar-refractivity contribution in [3.63, 3.8) is 0 Å². The van der Waals surface area contributed by atoms with Crippen molar-refractivity contribution in [2.24, 2.45) is 11.8 Å². The lowest BCUT2D eigenvalue weighted by atomic mass is 9.82. The third-order valence-electron chi connectivity index (χ3n) is 3.47. The van der Waals surface area contributed by atoms with Crippen LogP contribution in [-0.2, 0) is 0 Å². The Morgan fingerprint density at radius 1 is 1.09 bits per heavy atom. The normalized spacial score (nSPS) is 50.7. The Kier molecular flexibility index (Phi) is 1.71. The van der Waals surface area contributed by atoms with Gasteiger partial charge in [0, 0.05) is 0 Å². The van der Waals surface area contributed by atoms with Gasteiger partial charge in [-0.3, -0.25) is 0 Å². The van der Waals surface area contributed by atoms with Gasteiger partial charge in [0.25, 0.3) is 0 Å². The van der Waals surface area contributed by atoms with E-state index in [0.29, 0.717) is 0 Å². The van der Waals surface area contributed by atoms with Crippen LogP contribution in [0.1, 0.15) is 45.4 Å². The summed E-state index contributed by atoms with van der Waals surface area (Å²) in [5.41, 5.74) is -0.320. The number of hydrogen-bond donors (Lipinski definition) is 1. The SMILES string of the molecule is CC1(O)CC2CCCCC2C1. The quantitative estimate of drug-likeness (QED) is 0.568. The molecule has 0 heterocycles. The predicted octanol–water partition coefficient (Wildman–Crippen LogP) is 2.34. The van der Waals surface area contributed by atoms with E-state index in [0.717, 1.165) is 24.7 Å². The fourth-order valence-electron chi connectivity index (χ4n) is 3.03. The van der Waals surface area contributed by atoms with Crippen molar-refractivity contribution < 1.29 is 5.11 Å². The maximum absolute atomic E-state index is 9.83. The van der Waals surface area contributed by atoms with Crippen LogP contribution in [0.2, 0.25) is 0 Å². The van der Waals surface area contributed by atoms with Crippen LogP contribution in [0.3, 0.4) is 0 Å². The molecule has 0 aromatic carbocycles. The van der Waals surface area contributed by atoms with Gasteiger partial charge >= 0.3 is 0 Å². The first-order valence-corrected chi connectivity index (χ1v) is 4.90. The molecule has 2 aliphatic carbocycles. The van der Waals surface area contributed by atoms with E-state index in [4.69, 9.17) is 0 Å². The summed E-state index contributed by atoms with van der Waals surface area (Å²) in [7, 11) is 0. The summed E-state index contributed by atoms with van der Waals surface area (Å²) >= 11 is 0. The lowest BCUT2D eigenvalue weighted by molar-refractivity contribution is 0.0612. The van der Waals surface area contributed by atoms with E-state index in [9.17, 15) is 5.11 Å². The van der Waals surface area contributed by atoms with Crippen molar-refractivity contribution in [1.29, 1.82) is 0 Å². The molecule has 2 saturated carbocycles. The smallest absolute Gasteiger partial charge is 0.0625 e. The average Bonchev–Trinajstić information content (AvgIpc) is 2.21. The highest BCUT2D eigenvalue weighted by molar-refractivity contribution is 4.93. The van der Waals surface area contributed by atoms with Crippen LogP contribution in [0.5, 0.6) is 0 Å². The lowest BCUT2D eigenvalue weighted by Gasteiger charge is -2.23. The molecule has 11 heavy (non-hydrogen) atoms. The molecule has 0 aromatic rings. The molecule has 2 aliphatic rings. The van der Waals surface area contributed by atoms with E-state index in [1.165, 1.54) is 25.7 Å². The van der Waals surface area contributed by atoms with Gasteiger partial charge < -0.3 is 5.11 Å². The van der Waals surface area contributed by atoms with Crippen LogP contribution in [0, 0.1) is 11.8 Å². The van der Waals surface area contributed by atoms with E-state index < -0.39 is 0 Å². The Balaban J connectivity index is 2.03. The number of rotatable bonds is 0. The third-order valence-corrected chi connectivity index (χ3v) is 3.47. The molecule has 1 nitrogen and oxygen atoms in total. The second-order valence-electron chi connectivity index (χ2n) is 4.71. The Bertz CT molecular complexity index is 135. The lowest BCUT2D eigenvalue weighted by Crippen LogP contribution is -2.18. The van der Waals surface area contributed by atoms with Gasteiger partial charge in [0.2, 0.25) is 0 Å². The maximum Gasteiger partial charge on any atom is 0.0625 e. The van der Waals surface area contributed by atoms with E-state index in [-0.39, 0.29) is 5.60 Å². The van der Waals surface area contributed by atoms with Gasteiger partial charge in [0.15, 0.2) is 0 Å². The van der Waals surface area contributed by atoms with Crippen molar-refractivity contribution >= 4 is 0 Å². The Labute approximate surface area is 68.8 Å². The van der Waals surface area contributed by atoms with Crippen LogP contribution < -0.4 is 0 Å². The number of aliphatic hydroxyl groups is 1. The molecule has 2 unspecified atom stereocenters. The molecule has 0 aromatic heterocycles. The van der Waals surface area contributed by atoms with Gasteiger partial charge in [-0.1, -0.05) is 25.7 Å². The summed E-state index contributed by atoms with van der Waals surface area (Å²) in [5, 5.41) is 9.83. The van der Waals surface area contributed by atoms with Crippen LogP contribution in [-0.4, -0.2) is 10.7 Å². The minimum absolute atomic E-state index is 0.320. The second kappa shape index (κ2) is 2.48. The highest BCUT2D eigenvalue weighted by atomic mass is 16.3. The molecule has 0 aliphatic heterocycles. The Morgan fingerprint density at radius 3 is 2.00 bits per heavy atom. The molecule has 2 rings (SSSR count). The Hall–Kier alpha value is -0.0400. The molecule has 1 heteroatoms.